The third-order valence-corrected chi connectivity index (χ3v) is 6.17. The summed E-state index contributed by atoms with van der Waals surface area (Å²) >= 11 is 0. The average molecular weight is 274 g/mol. The highest BCUT2D eigenvalue weighted by molar-refractivity contribution is 7.89. The van der Waals surface area contributed by atoms with E-state index in [9.17, 15) is 8.42 Å². The Hall–Kier alpha value is -0.130. The van der Waals surface area contributed by atoms with Crippen LogP contribution in [-0.4, -0.2) is 44.2 Å². The second-order valence-corrected chi connectivity index (χ2v) is 7.62. The lowest BCUT2D eigenvalue weighted by molar-refractivity contribution is 0.260. The van der Waals surface area contributed by atoms with Crippen LogP contribution in [-0.2, 0) is 10.0 Å². The smallest absolute Gasteiger partial charge is 0.215 e. The first-order chi connectivity index (χ1) is 8.65. The van der Waals surface area contributed by atoms with Crippen molar-refractivity contribution >= 4 is 10.0 Å². The van der Waals surface area contributed by atoms with E-state index in [0.29, 0.717) is 18.5 Å². The maximum Gasteiger partial charge on any atom is 0.215 e. The van der Waals surface area contributed by atoms with E-state index in [1.807, 2.05) is 4.31 Å². The van der Waals surface area contributed by atoms with Crippen molar-refractivity contribution in [2.24, 2.45) is 5.92 Å². The molecule has 1 saturated carbocycles. The first-order valence-corrected chi connectivity index (χ1v) is 8.96. The molecule has 0 spiro atoms. The van der Waals surface area contributed by atoms with Crippen LogP contribution in [0.1, 0.15) is 45.4 Å². The molecule has 0 aromatic carbocycles. The average Bonchev–Trinajstić information content (AvgIpc) is 2.79. The number of sulfonamides is 1. The molecule has 18 heavy (non-hydrogen) atoms. The van der Waals surface area contributed by atoms with Crippen LogP contribution in [0.2, 0.25) is 0 Å². The molecule has 1 aliphatic heterocycles. The Morgan fingerprint density at radius 1 is 1.17 bits per heavy atom. The molecule has 0 bridgehead atoms. The number of hydrogen-bond donors (Lipinski definition) is 1. The molecule has 2 unspecified atom stereocenters. The van der Waals surface area contributed by atoms with Crippen LogP contribution in [0.5, 0.6) is 0 Å². The zero-order valence-electron chi connectivity index (χ0n) is 11.4. The van der Waals surface area contributed by atoms with Crippen LogP contribution in [0, 0.1) is 5.92 Å². The first kappa shape index (κ1) is 14.3. The summed E-state index contributed by atoms with van der Waals surface area (Å²) in [6.45, 7) is 4.34. The van der Waals surface area contributed by atoms with Gasteiger partial charge in [0.1, 0.15) is 0 Å². The van der Waals surface area contributed by atoms with Crippen molar-refractivity contribution in [1.29, 1.82) is 0 Å². The van der Waals surface area contributed by atoms with Crippen molar-refractivity contribution in [2.75, 3.05) is 25.4 Å². The molecule has 2 aliphatic rings. The van der Waals surface area contributed by atoms with E-state index < -0.39 is 10.0 Å². The van der Waals surface area contributed by atoms with Gasteiger partial charge in [-0.1, -0.05) is 19.8 Å². The van der Waals surface area contributed by atoms with Gasteiger partial charge in [0.05, 0.1) is 5.75 Å². The highest BCUT2D eigenvalue weighted by Crippen LogP contribution is 2.37. The summed E-state index contributed by atoms with van der Waals surface area (Å²) in [6.07, 6.45) is 6.91. The zero-order valence-corrected chi connectivity index (χ0v) is 12.2. The molecular weight excluding hydrogens is 248 g/mol. The van der Waals surface area contributed by atoms with Crippen LogP contribution < -0.4 is 5.32 Å². The van der Waals surface area contributed by atoms with Gasteiger partial charge >= 0.3 is 0 Å². The molecule has 4 nitrogen and oxygen atoms in total. The third-order valence-electron chi connectivity index (χ3n) is 4.28. The van der Waals surface area contributed by atoms with Crippen LogP contribution in [0.4, 0.5) is 0 Å². The van der Waals surface area contributed by atoms with Crippen LogP contribution >= 0.6 is 0 Å². The summed E-state index contributed by atoms with van der Waals surface area (Å²) in [7, 11) is -3.04. The van der Waals surface area contributed by atoms with Gasteiger partial charge in [-0.3, -0.25) is 0 Å². The number of nitrogens with one attached hydrogen (secondary N) is 1. The van der Waals surface area contributed by atoms with E-state index >= 15 is 0 Å². The Kier molecular flexibility index (Phi) is 5.04. The molecule has 5 heteroatoms. The molecule has 0 aromatic rings. The standard InChI is InChI=1S/C13H26N2O2S/c1-2-8-14-9-11-18(16,17)15-10-7-12-5-3-4-6-13(12)15/h12-14H,2-11H2,1H3. The Labute approximate surface area is 111 Å². The summed E-state index contributed by atoms with van der Waals surface area (Å²) in [4.78, 5) is 0. The topological polar surface area (TPSA) is 49.4 Å². The lowest BCUT2D eigenvalue weighted by Crippen LogP contribution is -2.42. The third kappa shape index (κ3) is 3.25. The van der Waals surface area contributed by atoms with Crippen molar-refractivity contribution < 1.29 is 8.42 Å². The molecular formula is C13H26N2O2S. The Morgan fingerprint density at radius 2 is 1.94 bits per heavy atom. The first-order valence-electron chi connectivity index (χ1n) is 7.35. The van der Waals surface area contributed by atoms with E-state index in [1.165, 1.54) is 19.3 Å². The Balaban J connectivity index is 1.89. The van der Waals surface area contributed by atoms with Crippen LogP contribution in [0.3, 0.4) is 0 Å². The van der Waals surface area contributed by atoms with Crippen LogP contribution in [0.25, 0.3) is 0 Å². The summed E-state index contributed by atoms with van der Waals surface area (Å²) < 4.78 is 26.5. The van der Waals surface area contributed by atoms with Gasteiger partial charge in [0.25, 0.3) is 0 Å². The van der Waals surface area contributed by atoms with Crippen molar-refractivity contribution in [2.45, 2.75) is 51.5 Å². The maximum absolute atomic E-state index is 12.3. The van der Waals surface area contributed by atoms with E-state index in [4.69, 9.17) is 0 Å². The number of fused-ring (bicyclic) bond motifs is 1. The van der Waals surface area contributed by atoms with Gasteiger partial charge in [0.15, 0.2) is 0 Å². The largest absolute Gasteiger partial charge is 0.316 e. The molecule has 2 rings (SSSR count). The van der Waals surface area contributed by atoms with Crippen molar-refractivity contribution in [3.8, 4) is 0 Å². The van der Waals surface area contributed by atoms with Gasteiger partial charge in [-0.15, -0.1) is 0 Å². The Morgan fingerprint density at radius 3 is 2.72 bits per heavy atom. The predicted octanol–water partition coefficient (Wildman–Crippen LogP) is 1.58. The zero-order chi connectivity index (χ0) is 13.0. The lowest BCUT2D eigenvalue weighted by atomic mass is 9.86. The molecule has 0 aromatic heterocycles. The van der Waals surface area contributed by atoms with E-state index in [2.05, 4.69) is 12.2 Å². The number of nitrogens with zero attached hydrogens (tertiary/aromatic N) is 1. The number of hydrogen-bond acceptors (Lipinski definition) is 3. The predicted molar refractivity (Wildman–Crippen MR) is 74.0 cm³/mol. The molecule has 1 saturated heterocycles. The normalized spacial score (nSPS) is 29.4. The molecule has 2 fully saturated rings. The quantitative estimate of drug-likeness (QED) is 0.748. The highest BCUT2D eigenvalue weighted by Gasteiger charge is 2.41. The minimum atomic E-state index is -3.04. The highest BCUT2D eigenvalue weighted by atomic mass is 32.2. The molecule has 0 amide bonds. The molecule has 2 atom stereocenters. The Bertz CT molecular complexity index is 356. The van der Waals surface area contributed by atoms with E-state index in [1.54, 1.807) is 0 Å². The fourth-order valence-corrected chi connectivity index (χ4v) is 5.04. The SMILES string of the molecule is CCCNCCS(=O)(=O)N1CCC2CCCCC21. The van der Waals surface area contributed by atoms with Crippen molar-refractivity contribution in [3.05, 3.63) is 0 Å². The van der Waals surface area contributed by atoms with Gasteiger partial charge < -0.3 is 5.32 Å². The second-order valence-electron chi connectivity index (χ2n) is 5.58. The van der Waals surface area contributed by atoms with Gasteiger partial charge in [-0.25, -0.2) is 8.42 Å². The fraction of sp³-hybridized carbons (Fsp3) is 1.00. The fourth-order valence-electron chi connectivity index (χ4n) is 3.33. The summed E-state index contributed by atoms with van der Waals surface area (Å²) in [5, 5.41) is 3.18. The summed E-state index contributed by atoms with van der Waals surface area (Å²) in [6, 6.07) is 0.315. The van der Waals surface area contributed by atoms with Gasteiger partial charge in [-0.2, -0.15) is 4.31 Å². The molecule has 106 valence electrons. The van der Waals surface area contributed by atoms with Crippen molar-refractivity contribution in [3.63, 3.8) is 0 Å². The second kappa shape index (κ2) is 6.35. The van der Waals surface area contributed by atoms with Gasteiger partial charge in [-0.05, 0) is 38.1 Å². The minimum absolute atomic E-state index is 0.260. The van der Waals surface area contributed by atoms with E-state index in [-0.39, 0.29) is 5.75 Å². The molecule has 1 heterocycles. The van der Waals surface area contributed by atoms with Gasteiger partial charge in [0, 0.05) is 19.1 Å². The lowest BCUT2D eigenvalue weighted by Gasteiger charge is -2.31. The van der Waals surface area contributed by atoms with E-state index in [0.717, 1.165) is 32.4 Å². The monoisotopic (exact) mass is 274 g/mol. The minimum Gasteiger partial charge on any atom is -0.316 e. The molecule has 1 aliphatic carbocycles. The molecule has 1 N–H and O–H groups in total. The summed E-state index contributed by atoms with van der Waals surface area (Å²) in [5.74, 6) is 0.896. The summed E-state index contributed by atoms with van der Waals surface area (Å²) in [5.41, 5.74) is 0. The number of rotatable bonds is 6. The van der Waals surface area contributed by atoms with Crippen molar-refractivity contribution in [1.82, 2.24) is 9.62 Å². The molecule has 0 radical (unpaired) electrons. The van der Waals surface area contributed by atoms with Gasteiger partial charge in [0.2, 0.25) is 10.0 Å². The maximum atomic E-state index is 12.3. The van der Waals surface area contributed by atoms with Crippen LogP contribution in [0.15, 0.2) is 0 Å².